The summed E-state index contributed by atoms with van der Waals surface area (Å²) in [6.07, 6.45) is 1.13. The summed E-state index contributed by atoms with van der Waals surface area (Å²) in [7, 11) is 0. The summed E-state index contributed by atoms with van der Waals surface area (Å²) in [6, 6.07) is 12.3. The smallest absolute Gasteiger partial charge is 0.234 e. The van der Waals surface area contributed by atoms with Crippen LogP contribution in [0.15, 0.2) is 36.4 Å². The molecule has 2 bridgehead atoms. The van der Waals surface area contributed by atoms with Crippen LogP contribution in [0, 0.1) is 6.92 Å². The summed E-state index contributed by atoms with van der Waals surface area (Å²) in [5.41, 5.74) is 1.69. The van der Waals surface area contributed by atoms with Gasteiger partial charge in [0.05, 0.1) is 6.54 Å². The summed E-state index contributed by atoms with van der Waals surface area (Å²) in [5, 5.41) is 16.5. The van der Waals surface area contributed by atoms with Gasteiger partial charge in [-0.3, -0.25) is 9.69 Å². The van der Waals surface area contributed by atoms with E-state index in [2.05, 4.69) is 30.4 Å². The molecular weight excluding hydrogens is 390 g/mol. The van der Waals surface area contributed by atoms with Crippen molar-refractivity contribution >= 4 is 29.0 Å². The van der Waals surface area contributed by atoms with Crippen molar-refractivity contribution in [3.63, 3.8) is 0 Å². The van der Waals surface area contributed by atoms with Crippen molar-refractivity contribution in [2.24, 2.45) is 0 Å². The maximum absolute atomic E-state index is 12.4. The number of benzene rings is 1. The Hall–Kier alpha value is -2.71. The molecule has 2 aromatic heterocycles. The highest BCUT2D eigenvalue weighted by Gasteiger charge is 2.45. The zero-order valence-corrected chi connectivity index (χ0v) is 16.9. The molecule has 2 atom stereocenters. The molecule has 0 radical (unpaired) electrons. The molecule has 1 N–H and O–H groups in total. The second-order valence-electron chi connectivity index (χ2n) is 7.70. The van der Waals surface area contributed by atoms with E-state index >= 15 is 0 Å². The average molecular weight is 412 g/mol. The van der Waals surface area contributed by atoms with Crippen molar-refractivity contribution in [2.45, 2.75) is 32.0 Å². The van der Waals surface area contributed by atoms with E-state index in [1.54, 1.807) is 4.52 Å². The highest BCUT2D eigenvalue weighted by molar-refractivity contribution is 6.31. The predicted molar refractivity (Wildman–Crippen MR) is 110 cm³/mol. The number of rotatable bonds is 5. The van der Waals surface area contributed by atoms with Crippen molar-refractivity contribution in [3.05, 3.63) is 52.8 Å². The van der Waals surface area contributed by atoms with E-state index < -0.39 is 0 Å². The summed E-state index contributed by atoms with van der Waals surface area (Å²) < 4.78 is 1.77. The lowest BCUT2D eigenvalue weighted by molar-refractivity contribution is -0.127. The van der Waals surface area contributed by atoms with Crippen LogP contribution in [0.5, 0.6) is 0 Å². The molecule has 0 aliphatic carbocycles. The third-order valence-electron chi connectivity index (χ3n) is 5.83. The molecule has 0 saturated carbocycles. The summed E-state index contributed by atoms with van der Waals surface area (Å²) in [4.78, 5) is 17.0. The molecule has 9 heteroatoms. The van der Waals surface area contributed by atoms with E-state index in [0.717, 1.165) is 42.4 Å². The average Bonchev–Trinajstić information content (AvgIpc) is 3.11. The first kappa shape index (κ1) is 18.3. The van der Waals surface area contributed by atoms with Gasteiger partial charge in [-0.05, 0) is 37.1 Å². The topological polar surface area (TPSA) is 78.7 Å². The Morgan fingerprint density at radius 3 is 2.76 bits per heavy atom. The van der Waals surface area contributed by atoms with Gasteiger partial charge < -0.3 is 10.2 Å². The molecule has 2 unspecified atom stereocenters. The number of hydrogen-bond donors (Lipinski definition) is 1. The molecule has 29 heavy (non-hydrogen) atoms. The maximum atomic E-state index is 12.4. The van der Waals surface area contributed by atoms with Crippen LogP contribution in [-0.2, 0) is 11.3 Å². The number of carbonyl (C=O) groups excluding carboxylic acids is 1. The second-order valence-corrected chi connectivity index (χ2v) is 8.10. The third kappa shape index (κ3) is 3.42. The zero-order valence-electron chi connectivity index (χ0n) is 16.1. The Bertz CT molecular complexity index is 1060. The van der Waals surface area contributed by atoms with Gasteiger partial charge in [-0.25, -0.2) is 0 Å². The van der Waals surface area contributed by atoms with Crippen molar-refractivity contribution in [1.82, 2.24) is 30.0 Å². The normalized spacial score (nSPS) is 21.2. The molecule has 3 aliphatic heterocycles. The fraction of sp³-hybridized carbons (Fsp3) is 0.400. The standard InChI is InChI=1S/C20H22ClN7O/c1-13-23-24-18-6-7-19(25-28(13)18)26-10-15-8-16(11-26)27(15)12-20(29)22-9-14-4-2-3-5-17(14)21/h2-7,15-16H,8-12H2,1H3,(H,22,29). The molecule has 3 saturated heterocycles. The van der Waals surface area contributed by atoms with Gasteiger partial charge in [0.25, 0.3) is 0 Å². The van der Waals surface area contributed by atoms with Gasteiger partial charge in [0.1, 0.15) is 5.82 Å². The first-order chi connectivity index (χ1) is 14.1. The number of piperazine rings is 1. The van der Waals surface area contributed by atoms with Crippen molar-refractivity contribution in [1.29, 1.82) is 0 Å². The second kappa shape index (κ2) is 7.27. The van der Waals surface area contributed by atoms with Gasteiger partial charge in [-0.1, -0.05) is 29.8 Å². The summed E-state index contributed by atoms with van der Waals surface area (Å²) in [5.74, 6) is 1.74. The van der Waals surface area contributed by atoms with Crippen LogP contribution < -0.4 is 10.2 Å². The molecule has 5 heterocycles. The zero-order chi connectivity index (χ0) is 20.0. The highest BCUT2D eigenvalue weighted by atomic mass is 35.5. The van der Waals surface area contributed by atoms with Gasteiger partial charge in [0, 0.05) is 36.7 Å². The van der Waals surface area contributed by atoms with E-state index in [1.807, 2.05) is 43.3 Å². The number of carbonyl (C=O) groups is 1. The number of piperidine rings is 1. The van der Waals surface area contributed by atoms with Gasteiger partial charge in [-0.15, -0.1) is 15.3 Å². The van der Waals surface area contributed by atoms with Crippen LogP contribution in [0.3, 0.4) is 0 Å². The van der Waals surface area contributed by atoms with E-state index in [1.165, 1.54) is 0 Å². The summed E-state index contributed by atoms with van der Waals surface area (Å²) in [6.45, 7) is 4.51. The number of nitrogens with zero attached hydrogens (tertiary/aromatic N) is 6. The number of aromatic nitrogens is 4. The minimum absolute atomic E-state index is 0.0349. The molecule has 3 aromatic rings. The number of anilines is 1. The van der Waals surface area contributed by atoms with Crippen molar-refractivity contribution < 1.29 is 4.79 Å². The Kier molecular flexibility index (Phi) is 4.60. The fourth-order valence-electron chi connectivity index (χ4n) is 4.24. The number of aryl methyl sites for hydroxylation is 1. The van der Waals surface area contributed by atoms with Gasteiger partial charge in [0.15, 0.2) is 11.5 Å². The lowest BCUT2D eigenvalue weighted by Crippen LogP contribution is -2.70. The quantitative estimate of drug-likeness (QED) is 0.688. The van der Waals surface area contributed by atoms with Gasteiger partial charge in [-0.2, -0.15) is 4.52 Å². The molecule has 0 spiro atoms. The maximum Gasteiger partial charge on any atom is 0.234 e. The molecule has 1 amide bonds. The lowest BCUT2D eigenvalue weighted by Gasteiger charge is -2.56. The number of hydrogen-bond acceptors (Lipinski definition) is 6. The first-order valence-corrected chi connectivity index (χ1v) is 10.2. The Balaban J connectivity index is 1.18. The number of nitrogens with one attached hydrogen (secondary N) is 1. The Labute approximate surface area is 173 Å². The van der Waals surface area contributed by atoms with Crippen molar-refractivity contribution in [3.8, 4) is 0 Å². The monoisotopic (exact) mass is 411 g/mol. The van der Waals surface area contributed by atoms with Crippen LogP contribution >= 0.6 is 11.6 Å². The largest absolute Gasteiger partial charge is 0.352 e. The minimum atomic E-state index is 0.0349. The number of fused-ring (bicyclic) bond motifs is 3. The van der Waals surface area contributed by atoms with E-state index in [0.29, 0.717) is 30.2 Å². The van der Waals surface area contributed by atoms with Crippen LogP contribution in [0.2, 0.25) is 5.02 Å². The summed E-state index contributed by atoms with van der Waals surface area (Å²) >= 11 is 6.16. The van der Waals surface area contributed by atoms with Crippen molar-refractivity contribution in [2.75, 3.05) is 24.5 Å². The van der Waals surface area contributed by atoms with E-state index in [9.17, 15) is 4.79 Å². The van der Waals surface area contributed by atoms with Crippen LogP contribution in [0.1, 0.15) is 17.8 Å². The Morgan fingerprint density at radius 1 is 1.17 bits per heavy atom. The molecule has 3 aliphatic rings. The van der Waals surface area contributed by atoms with Crippen LogP contribution in [0.4, 0.5) is 5.82 Å². The van der Waals surface area contributed by atoms with Crippen LogP contribution in [0.25, 0.3) is 5.65 Å². The predicted octanol–water partition coefficient (Wildman–Crippen LogP) is 1.67. The molecule has 6 rings (SSSR count). The third-order valence-corrected chi connectivity index (χ3v) is 6.20. The minimum Gasteiger partial charge on any atom is -0.352 e. The highest BCUT2D eigenvalue weighted by Crippen LogP contribution is 2.33. The van der Waals surface area contributed by atoms with Gasteiger partial charge >= 0.3 is 0 Å². The van der Waals surface area contributed by atoms with Crippen LogP contribution in [-0.4, -0.2) is 62.3 Å². The Morgan fingerprint density at radius 2 is 1.97 bits per heavy atom. The first-order valence-electron chi connectivity index (χ1n) is 9.78. The number of amides is 1. The molecule has 3 fully saturated rings. The fourth-order valence-corrected chi connectivity index (χ4v) is 4.45. The molecule has 1 aromatic carbocycles. The van der Waals surface area contributed by atoms with Gasteiger partial charge in [0.2, 0.25) is 5.91 Å². The number of halogens is 1. The van der Waals surface area contributed by atoms with E-state index in [-0.39, 0.29) is 5.91 Å². The molecule has 150 valence electrons. The molecule has 8 nitrogen and oxygen atoms in total. The molecular formula is C20H22ClN7O. The SMILES string of the molecule is Cc1nnc2ccc(N3CC4CC(C3)N4CC(=O)NCc3ccccc3Cl)nn12. The van der Waals surface area contributed by atoms with E-state index in [4.69, 9.17) is 11.6 Å². The lowest BCUT2D eigenvalue weighted by atomic mass is 9.87.